The van der Waals surface area contributed by atoms with E-state index in [-0.39, 0.29) is 0 Å². The van der Waals surface area contributed by atoms with Gasteiger partial charge in [-0.25, -0.2) is 4.79 Å². The summed E-state index contributed by atoms with van der Waals surface area (Å²) in [6, 6.07) is 0. The maximum atomic E-state index is 10.8. The van der Waals surface area contributed by atoms with Gasteiger partial charge >= 0.3 is 6.09 Å². The lowest BCUT2D eigenvalue weighted by molar-refractivity contribution is 0.150. The van der Waals surface area contributed by atoms with Crippen LogP contribution < -0.4 is 0 Å². The van der Waals surface area contributed by atoms with Crippen LogP contribution in [0.3, 0.4) is 0 Å². The molecule has 1 aliphatic carbocycles. The van der Waals surface area contributed by atoms with Gasteiger partial charge in [0, 0.05) is 20.1 Å². The summed E-state index contributed by atoms with van der Waals surface area (Å²) in [6.45, 7) is 4.35. The third kappa shape index (κ3) is 5.99. The zero-order valence-corrected chi connectivity index (χ0v) is 14.0. The van der Waals surface area contributed by atoms with Crippen LogP contribution in [0.5, 0.6) is 0 Å². The molecule has 22 heavy (non-hydrogen) atoms. The minimum absolute atomic E-state index is 0.676. The molecule has 0 aromatic heterocycles. The Morgan fingerprint density at radius 3 is 2.50 bits per heavy atom. The smallest absolute Gasteiger partial charge is 0.407 e. The first-order chi connectivity index (χ1) is 10.6. The molecular formula is C18H32N2O2. The number of allylic oxidation sites excluding steroid dienone is 1. The van der Waals surface area contributed by atoms with Crippen LogP contribution in [0.25, 0.3) is 0 Å². The van der Waals surface area contributed by atoms with E-state index in [9.17, 15) is 4.79 Å². The first-order valence-electron chi connectivity index (χ1n) is 8.98. The van der Waals surface area contributed by atoms with Gasteiger partial charge in [-0.05, 0) is 69.9 Å². The van der Waals surface area contributed by atoms with Gasteiger partial charge in [0.05, 0.1) is 0 Å². The number of piperidine rings is 1. The van der Waals surface area contributed by atoms with E-state index < -0.39 is 6.09 Å². The molecule has 0 bridgehead atoms. The van der Waals surface area contributed by atoms with E-state index in [4.69, 9.17) is 5.11 Å². The molecule has 4 nitrogen and oxygen atoms in total. The number of likely N-dealkylation sites (tertiary alicyclic amines) is 1. The number of rotatable bonds is 6. The number of hydrogen-bond donors (Lipinski definition) is 1. The molecule has 0 spiro atoms. The molecular weight excluding hydrogens is 276 g/mol. The van der Waals surface area contributed by atoms with Crippen LogP contribution in [-0.2, 0) is 0 Å². The number of nitrogens with zero attached hydrogens (tertiary/aromatic N) is 2. The lowest BCUT2D eigenvalue weighted by Gasteiger charge is -2.28. The van der Waals surface area contributed by atoms with Crippen LogP contribution in [0.2, 0.25) is 0 Å². The maximum absolute atomic E-state index is 10.8. The van der Waals surface area contributed by atoms with E-state index in [0.717, 1.165) is 18.9 Å². The highest BCUT2D eigenvalue weighted by atomic mass is 16.4. The molecule has 2 rings (SSSR count). The predicted molar refractivity (Wildman–Crippen MR) is 90.2 cm³/mol. The molecule has 1 heterocycles. The van der Waals surface area contributed by atoms with Gasteiger partial charge in [-0.2, -0.15) is 0 Å². The average Bonchev–Trinajstić information content (AvgIpc) is 2.54. The van der Waals surface area contributed by atoms with Crippen molar-refractivity contribution in [3.63, 3.8) is 0 Å². The highest BCUT2D eigenvalue weighted by Crippen LogP contribution is 2.31. The minimum Gasteiger partial charge on any atom is -0.465 e. The van der Waals surface area contributed by atoms with Crippen molar-refractivity contribution in [1.82, 2.24) is 9.80 Å². The molecule has 1 N–H and O–H groups in total. The molecule has 0 radical (unpaired) electrons. The second kappa shape index (κ2) is 9.19. The van der Waals surface area contributed by atoms with Crippen molar-refractivity contribution >= 4 is 6.09 Å². The Balaban J connectivity index is 1.59. The van der Waals surface area contributed by atoms with Crippen molar-refractivity contribution in [2.45, 2.75) is 51.4 Å². The molecule has 1 amide bonds. The Bertz CT molecular complexity index is 356. The van der Waals surface area contributed by atoms with Gasteiger partial charge in [0.25, 0.3) is 0 Å². The van der Waals surface area contributed by atoms with Crippen molar-refractivity contribution in [2.24, 2.45) is 11.8 Å². The normalized spacial score (nSPS) is 27.1. The van der Waals surface area contributed by atoms with Gasteiger partial charge in [-0.1, -0.05) is 18.6 Å². The Morgan fingerprint density at radius 2 is 1.86 bits per heavy atom. The highest BCUT2D eigenvalue weighted by Gasteiger charge is 2.20. The summed E-state index contributed by atoms with van der Waals surface area (Å²) in [5.74, 6) is 1.46. The van der Waals surface area contributed by atoms with Crippen LogP contribution in [0.1, 0.15) is 51.4 Å². The predicted octanol–water partition coefficient (Wildman–Crippen LogP) is 3.83. The molecule has 0 unspecified atom stereocenters. The molecule has 126 valence electrons. The molecule has 2 aliphatic rings. The average molecular weight is 308 g/mol. The van der Waals surface area contributed by atoms with Crippen molar-refractivity contribution in [3.05, 3.63) is 12.2 Å². The first-order valence-corrected chi connectivity index (χ1v) is 8.98. The van der Waals surface area contributed by atoms with Crippen LogP contribution in [0.15, 0.2) is 12.2 Å². The van der Waals surface area contributed by atoms with Crippen molar-refractivity contribution < 1.29 is 9.90 Å². The standard InChI is InChI=1S/C18H32N2O2/c1-19(18(21)22)15-11-17-9-7-16(8-10-17)6-5-14-20-12-3-2-4-13-20/h5-6,16-17H,2-4,7-15H2,1H3,(H,21,22)/b6-5+. The summed E-state index contributed by atoms with van der Waals surface area (Å²) in [5.41, 5.74) is 0. The molecule has 0 aromatic carbocycles. The highest BCUT2D eigenvalue weighted by molar-refractivity contribution is 5.64. The molecule has 4 heteroatoms. The second-order valence-electron chi connectivity index (χ2n) is 7.06. The number of hydrogen-bond acceptors (Lipinski definition) is 2. The van der Waals surface area contributed by atoms with Crippen molar-refractivity contribution in [3.8, 4) is 0 Å². The Labute approximate surface area is 135 Å². The van der Waals surface area contributed by atoms with Gasteiger partial charge < -0.3 is 10.0 Å². The molecule has 2 fully saturated rings. The SMILES string of the molecule is CN(CCC1CCC(/C=C/CN2CCCCC2)CC1)C(=O)O. The van der Waals surface area contributed by atoms with Crippen molar-refractivity contribution in [2.75, 3.05) is 33.2 Å². The molecule has 1 saturated heterocycles. The van der Waals surface area contributed by atoms with Gasteiger partial charge in [-0.3, -0.25) is 4.90 Å². The largest absolute Gasteiger partial charge is 0.465 e. The van der Waals surface area contributed by atoms with Crippen LogP contribution in [-0.4, -0.2) is 54.2 Å². The first kappa shape index (κ1) is 17.3. The van der Waals surface area contributed by atoms with Gasteiger partial charge in [0.1, 0.15) is 0 Å². The van der Waals surface area contributed by atoms with E-state index in [0.29, 0.717) is 12.5 Å². The van der Waals surface area contributed by atoms with E-state index in [1.807, 2.05) is 0 Å². The van der Waals surface area contributed by atoms with Crippen molar-refractivity contribution in [1.29, 1.82) is 0 Å². The van der Waals surface area contributed by atoms with Gasteiger partial charge in [0.2, 0.25) is 0 Å². The zero-order valence-electron chi connectivity index (χ0n) is 14.0. The fraction of sp³-hybridized carbons (Fsp3) is 0.833. The Hall–Kier alpha value is -1.03. The van der Waals surface area contributed by atoms with E-state index >= 15 is 0 Å². The third-order valence-corrected chi connectivity index (χ3v) is 5.31. The summed E-state index contributed by atoms with van der Waals surface area (Å²) < 4.78 is 0. The summed E-state index contributed by atoms with van der Waals surface area (Å²) in [6.07, 6.45) is 14.2. The fourth-order valence-electron chi connectivity index (χ4n) is 3.69. The minimum atomic E-state index is -0.811. The van der Waals surface area contributed by atoms with Gasteiger partial charge in [0.15, 0.2) is 0 Å². The lowest BCUT2D eigenvalue weighted by atomic mass is 9.80. The van der Waals surface area contributed by atoms with Crippen LogP contribution in [0.4, 0.5) is 4.79 Å². The molecule has 0 atom stereocenters. The fourth-order valence-corrected chi connectivity index (χ4v) is 3.69. The monoisotopic (exact) mass is 308 g/mol. The molecule has 0 aromatic rings. The third-order valence-electron chi connectivity index (χ3n) is 5.31. The number of amides is 1. The molecule has 1 saturated carbocycles. The summed E-state index contributed by atoms with van der Waals surface area (Å²) in [7, 11) is 1.66. The molecule has 1 aliphatic heterocycles. The number of carboxylic acid groups (broad SMARTS) is 1. The number of carbonyl (C=O) groups is 1. The van der Waals surface area contributed by atoms with Crippen LogP contribution >= 0.6 is 0 Å². The maximum Gasteiger partial charge on any atom is 0.407 e. The lowest BCUT2D eigenvalue weighted by Crippen LogP contribution is -2.29. The topological polar surface area (TPSA) is 43.8 Å². The van der Waals surface area contributed by atoms with Crippen LogP contribution in [0, 0.1) is 11.8 Å². The second-order valence-corrected chi connectivity index (χ2v) is 7.06. The van der Waals surface area contributed by atoms with E-state index in [2.05, 4.69) is 17.1 Å². The quantitative estimate of drug-likeness (QED) is 0.758. The van der Waals surface area contributed by atoms with E-state index in [1.54, 1.807) is 7.05 Å². The van der Waals surface area contributed by atoms with Gasteiger partial charge in [-0.15, -0.1) is 0 Å². The Morgan fingerprint density at radius 1 is 1.18 bits per heavy atom. The summed E-state index contributed by atoms with van der Waals surface area (Å²) in [5, 5.41) is 8.87. The Kier molecular flexibility index (Phi) is 7.23. The summed E-state index contributed by atoms with van der Waals surface area (Å²) >= 11 is 0. The summed E-state index contributed by atoms with van der Waals surface area (Å²) in [4.78, 5) is 14.8. The zero-order chi connectivity index (χ0) is 15.8. The van der Waals surface area contributed by atoms with E-state index in [1.165, 1.54) is 62.9 Å².